The number of rotatable bonds is 4. The molecule has 0 spiro atoms. The molecule has 1 aliphatic rings. The number of nitrogens with zero attached hydrogens (tertiary/aromatic N) is 1. The molecule has 1 aromatic rings. The normalized spacial score (nSPS) is 22.0. The van der Waals surface area contributed by atoms with Crippen LogP contribution in [0.1, 0.15) is 55.1 Å². The average molecular weight is 291 g/mol. The van der Waals surface area contributed by atoms with Gasteiger partial charge in [-0.25, -0.2) is 0 Å². The number of hydrogen-bond acceptors (Lipinski definition) is 3. The Morgan fingerprint density at radius 1 is 1.38 bits per heavy atom. The van der Waals surface area contributed by atoms with Crippen molar-refractivity contribution in [1.29, 1.82) is 0 Å². The highest BCUT2D eigenvalue weighted by molar-refractivity contribution is 5.94. The van der Waals surface area contributed by atoms with Gasteiger partial charge < -0.3 is 15.6 Å². The van der Waals surface area contributed by atoms with Crippen molar-refractivity contribution in [1.82, 2.24) is 9.88 Å². The molecule has 3 N–H and O–H groups in total. The van der Waals surface area contributed by atoms with Gasteiger partial charge in [0.2, 0.25) is 0 Å². The number of amides is 1. The van der Waals surface area contributed by atoms with Gasteiger partial charge in [0.25, 0.3) is 5.91 Å². The average Bonchev–Trinajstić information content (AvgIpc) is 2.45. The minimum Gasteiger partial charge on any atom is -0.364 e. The Hall–Kier alpha value is -1.62. The van der Waals surface area contributed by atoms with E-state index in [9.17, 15) is 9.59 Å². The number of carbonyl (C=O) groups excluding carboxylic acids is 1. The lowest BCUT2D eigenvalue weighted by molar-refractivity contribution is 0.0625. The molecule has 1 fully saturated rings. The molecule has 1 aliphatic carbocycles. The highest BCUT2D eigenvalue weighted by Crippen LogP contribution is 2.23. The van der Waals surface area contributed by atoms with Crippen molar-refractivity contribution in [2.45, 2.75) is 58.0 Å². The molecule has 0 saturated heterocycles. The summed E-state index contributed by atoms with van der Waals surface area (Å²) in [5.74, 6) is -0.154. The number of hydrogen-bond donors (Lipinski definition) is 2. The number of H-pyrrole nitrogens is 1. The lowest BCUT2D eigenvalue weighted by Gasteiger charge is -2.36. The summed E-state index contributed by atoms with van der Waals surface area (Å²) in [6, 6.07) is 1.94. The third-order valence-electron chi connectivity index (χ3n) is 4.20. The van der Waals surface area contributed by atoms with Crippen LogP contribution in [0.5, 0.6) is 0 Å². The van der Waals surface area contributed by atoms with Gasteiger partial charge >= 0.3 is 0 Å². The van der Waals surface area contributed by atoms with Crippen molar-refractivity contribution >= 4 is 5.91 Å². The van der Waals surface area contributed by atoms with E-state index in [1.807, 2.05) is 18.7 Å². The van der Waals surface area contributed by atoms with E-state index in [-0.39, 0.29) is 29.0 Å². The quantitative estimate of drug-likeness (QED) is 0.888. The van der Waals surface area contributed by atoms with E-state index in [0.29, 0.717) is 6.54 Å². The van der Waals surface area contributed by atoms with Crippen molar-refractivity contribution < 1.29 is 4.79 Å². The first-order valence-electron chi connectivity index (χ1n) is 7.78. The Labute approximate surface area is 125 Å². The predicted octanol–water partition coefficient (Wildman–Crippen LogP) is 1.81. The Morgan fingerprint density at radius 2 is 2.05 bits per heavy atom. The molecule has 1 amide bonds. The highest BCUT2D eigenvalue weighted by Gasteiger charge is 2.28. The van der Waals surface area contributed by atoms with Gasteiger partial charge in [-0.15, -0.1) is 0 Å². The van der Waals surface area contributed by atoms with Gasteiger partial charge in [-0.2, -0.15) is 0 Å². The van der Waals surface area contributed by atoms with Gasteiger partial charge in [0, 0.05) is 36.6 Å². The molecule has 1 saturated carbocycles. The summed E-state index contributed by atoms with van der Waals surface area (Å²) in [7, 11) is 0. The van der Waals surface area contributed by atoms with Crippen LogP contribution in [0.4, 0.5) is 0 Å². The van der Waals surface area contributed by atoms with Crippen molar-refractivity contribution in [3.63, 3.8) is 0 Å². The largest absolute Gasteiger partial charge is 0.364 e. The second-order valence-corrected chi connectivity index (χ2v) is 5.96. The van der Waals surface area contributed by atoms with Gasteiger partial charge in [-0.05, 0) is 39.0 Å². The molecular formula is C16H25N3O2. The number of nitrogens with two attached hydrogens (primary N) is 1. The monoisotopic (exact) mass is 291 g/mol. The molecule has 1 aromatic heterocycles. The van der Waals surface area contributed by atoms with Gasteiger partial charge in [0.05, 0.1) is 0 Å². The Kier molecular flexibility index (Phi) is 5.17. The van der Waals surface area contributed by atoms with Crippen LogP contribution in [-0.4, -0.2) is 34.4 Å². The van der Waals surface area contributed by atoms with Crippen LogP contribution >= 0.6 is 0 Å². The van der Waals surface area contributed by atoms with Crippen LogP contribution in [0.15, 0.2) is 17.1 Å². The maximum atomic E-state index is 12.7. The molecule has 0 radical (unpaired) electrons. The van der Waals surface area contributed by atoms with Crippen molar-refractivity contribution in [3.8, 4) is 0 Å². The maximum Gasteiger partial charge on any atom is 0.259 e. The van der Waals surface area contributed by atoms with Crippen LogP contribution < -0.4 is 11.2 Å². The van der Waals surface area contributed by atoms with Gasteiger partial charge in [0.1, 0.15) is 5.56 Å². The van der Waals surface area contributed by atoms with E-state index < -0.39 is 0 Å². The Bertz CT molecular complexity index is 545. The van der Waals surface area contributed by atoms with Crippen molar-refractivity contribution in [3.05, 3.63) is 33.7 Å². The molecule has 0 unspecified atom stereocenters. The number of aromatic amines is 1. The molecular weight excluding hydrogens is 266 g/mol. The SMILES string of the molecule is CCCN(C(=O)c1c[nH]c(C)cc1=O)C1CCC(N)CC1. The standard InChI is InChI=1S/C16H25N3O2/c1-3-8-19(13-6-4-12(17)5-7-13)16(21)14-10-18-11(2)9-15(14)20/h9-10,12-13H,3-8,17H2,1-2H3,(H,18,20). The van der Waals surface area contributed by atoms with Gasteiger partial charge in [-0.3, -0.25) is 9.59 Å². The maximum absolute atomic E-state index is 12.7. The highest BCUT2D eigenvalue weighted by atomic mass is 16.2. The molecule has 0 bridgehead atoms. The van der Waals surface area contributed by atoms with Crippen molar-refractivity contribution in [2.75, 3.05) is 6.54 Å². The second-order valence-electron chi connectivity index (χ2n) is 5.96. The Morgan fingerprint density at radius 3 is 2.62 bits per heavy atom. The smallest absolute Gasteiger partial charge is 0.259 e. The lowest BCUT2D eigenvalue weighted by Crippen LogP contribution is -2.45. The topological polar surface area (TPSA) is 79.2 Å². The van der Waals surface area contributed by atoms with Crippen LogP contribution in [0.25, 0.3) is 0 Å². The molecule has 0 aromatic carbocycles. The van der Waals surface area contributed by atoms with Gasteiger partial charge in [-0.1, -0.05) is 6.92 Å². The number of pyridine rings is 1. The first kappa shape index (κ1) is 15.8. The van der Waals surface area contributed by atoms with E-state index in [2.05, 4.69) is 4.98 Å². The van der Waals surface area contributed by atoms with Crippen LogP contribution in [0.2, 0.25) is 0 Å². The zero-order valence-corrected chi connectivity index (χ0v) is 12.9. The van der Waals surface area contributed by atoms with E-state index in [0.717, 1.165) is 37.8 Å². The molecule has 5 heteroatoms. The van der Waals surface area contributed by atoms with Gasteiger partial charge in [0.15, 0.2) is 5.43 Å². The summed E-state index contributed by atoms with van der Waals surface area (Å²) in [5.41, 5.74) is 6.74. The lowest BCUT2D eigenvalue weighted by atomic mass is 9.90. The number of carbonyl (C=O) groups is 1. The number of aryl methyl sites for hydroxylation is 1. The minimum atomic E-state index is -0.204. The number of aromatic nitrogens is 1. The molecule has 5 nitrogen and oxygen atoms in total. The molecule has 2 rings (SSSR count). The fraction of sp³-hybridized carbons (Fsp3) is 0.625. The molecule has 1 heterocycles. The van der Waals surface area contributed by atoms with Crippen LogP contribution in [0, 0.1) is 6.92 Å². The summed E-state index contributed by atoms with van der Waals surface area (Å²) >= 11 is 0. The molecule has 0 atom stereocenters. The summed E-state index contributed by atoms with van der Waals surface area (Å²) in [5, 5.41) is 0. The third kappa shape index (κ3) is 3.73. The zero-order valence-electron chi connectivity index (χ0n) is 12.9. The predicted molar refractivity (Wildman–Crippen MR) is 83.4 cm³/mol. The third-order valence-corrected chi connectivity index (χ3v) is 4.20. The van der Waals surface area contributed by atoms with E-state index in [4.69, 9.17) is 5.73 Å². The van der Waals surface area contributed by atoms with E-state index in [1.165, 1.54) is 12.3 Å². The first-order chi connectivity index (χ1) is 10.0. The summed E-state index contributed by atoms with van der Waals surface area (Å²) in [6.45, 7) is 4.54. The van der Waals surface area contributed by atoms with Crippen LogP contribution in [0.3, 0.4) is 0 Å². The summed E-state index contributed by atoms with van der Waals surface area (Å²) in [4.78, 5) is 29.6. The van der Waals surface area contributed by atoms with E-state index in [1.54, 1.807) is 0 Å². The summed E-state index contributed by atoms with van der Waals surface area (Å²) in [6.07, 6.45) is 6.17. The zero-order chi connectivity index (χ0) is 15.4. The molecule has 0 aliphatic heterocycles. The van der Waals surface area contributed by atoms with Crippen molar-refractivity contribution in [2.24, 2.45) is 5.73 Å². The minimum absolute atomic E-state index is 0.154. The molecule has 116 valence electrons. The summed E-state index contributed by atoms with van der Waals surface area (Å²) < 4.78 is 0. The van der Waals surface area contributed by atoms with Crippen LogP contribution in [-0.2, 0) is 0 Å². The fourth-order valence-electron chi connectivity index (χ4n) is 3.00. The number of nitrogens with one attached hydrogen (secondary N) is 1. The Balaban J connectivity index is 2.21. The van der Waals surface area contributed by atoms with E-state index >= 15 is 0 Å². The fourth-order valence-corrected chi connectivity index (χ4v) is 3.00. The second kappa shape index (κ2) is 6.89. The molecule has 21 heavy (non-hydrogen) atoms. The first-order valence-corrected chi connectivity index (χ1v) is 7.78.